The molecule has 0 aliphatic carbocycles. The second kappa shape index (κ2) is 5.76. The fraction of sp³-hybridized carbons (Fsp3) is 0.273. The molecule has 7 nitrogen and oxygen atoms in total. The van der Waals surface area contributed by atoms with Crippen LogP contribution >= 0.6 is 0 Å². The van der Waals surface area contributed by atoms with E-state index in [0.717, 1.165) is 14.2 Å². The quantitative estimate of drug-likeness (QED) is 0.453. The predicted octanol–water partition coefficient (Wildman–Crippen LogP) is 1.10. The summed E-state index contributed by atoms with van der Waals surface area (Å²) in [4.78, 5) is 32.9. The molecule has 0 saturated carbocycles. The first-order chi connectivity index (χ1) is 8.51. The van der Waals surface area contributed by atoms with E-state index in [1.165, 1.54) is 18.2 Å². The van der Waals surface area contributed by atoms with Gasteiger partial charge >= 0.3 is 11.9 Å². The molecular formula is C11H11NO6. The van der Waals surface area contributed by atoms with Crippen molar-refractivity contribution in [2.75, 3.05) is 14.2 Å². The number of hydrogen-bond acceptors (Lipinski definition) is 6. The van der Waals surface area contributed by atoms with Crippen molar-refractivity contribution in [1.29, 1.82) is 0 Å². The molecule has 0 radical (unpaired) electrons. The lowest BCUT2D eigenvalue weighted by atomic mass is 10.0. The Labute approximate surface area is 102 Å². The first-order valence-corrected chi connectivity index (χ1v) is 4.92. The number of hydrogen-bond donors (Lipinski definition) is 0. The number of carbonyl (C=O) groups is 2. The van der Waals surface area contributed by atoms with Gasteiger partial charge in [-0.3, -0.25) is 14.9 Å². The summed E-state index contributed by atoms with van der Waals surface area (Å²) < 4.78 is 8.96. The van der Waals surface area contributed by atoms with E-state index in [2.05, 4.69) is 9.47 Å². The summed E-state index contributed by atoms with van der Waals surface area (Å²) in [6.07, 6.45) is -0.363. The number of nitro groups is 1. The van der Waals surface area contributed by atoms with Crippen molar-refractivity contribution in [3.63, 3.8) is 0 Å². The molecule has 18 heavy (non-hydrogen) atoms. The Balaban J connectivity index is 3.34. The molecule has 7 heteroatoms. The van der Waals surface area contributed by atoms with Crippen LogP contribution in [0.3, 0.4) is 0 Å². The van der Waals surface area contributed by atoms with Gasteiger partial charge in [-0.15, -0.1) is 0 Å². The summed E-state index contributed by atoms with van der Waals surface area (Å²) >= 11 is 0. The molecule has 96 valence electrons. The monoisotopic (exact) mass is 253 g/mol. The van der Waals surface area contributed by atoms with Gasteiger partial charge in [-0.05, 0) is 6.07 Å². The average molecular weight is 253 g/mol. The summed E-state index contributed by atoms with van der Waals surface area (Å²) in [7, 11) is 2.32. The number of esters is 2. The lowest BCUT2D eigenvalue weighted by molar-refractivity contribution is -0.385. The molecule has 0 spiro atoms. The molecule has 0 N–H and O–H groups in total. The molecular weight excluding hydrogens is 242 g/mol. The molecule has 0 saturated heterocycles. The van der Waals surface area contributed by atoms with Gasteiger partial charge in [0.1, 0.15) is 0 Å². The Morgan fingerprint density at radius 3 is 2.44 bits per heavy atom. The Bertz CT molecular complexity index is 496. The van der Waals surface area contributed by atoms with Gasteiger partial charge in [-0.1, -0.05) is 6.07 Å². The van der Waals surface area contributed by atoms with Crippen LogP contribution < -0.4 is 0 Å². The van der Waals surface area contributed by atoms with E-state index < -0.39 is 16.9 Å². The summed E-state index contributed by atoms with van der Waals surface area (Å²) in [6.45, 7) is 0. The average Bonchev–Trinajstić information content (AvgIpc) is 2.37. The fourth-order valence-electron chi connectivity index (χ4n) is 1.45. The van der Waals surface area contributed by atoms with E-state index in [1.807, 2.05) is 0 Å². The topological polar surface area (TPSA) is 95.7 Å². The first kappa shape index (κ1) is 13.6. The van der Waals surface area contributed by atoms with E-state index in [0.29, 0.717) is 0 Å². The van der Waals surface area contributed by atoms with Crippen LogP contribution in [-0.2, 0) is 20.7 Å². The van der Waals surface area contributed by atoms with E-state index in [-0.39, 0.29) is 23.2 Å². The summed E-state index contributed by atoms with van der Waals surface area (Å²) in [5.41, 5.74) is -0.346. The Kier molecular flexibility index (Phi) is 4.36. The highest BCUT2D eigenvalue weighted by Gasteiger charge is 2.24. The Morgan fingerprint density at radius 2 is 1.94 bits per heavy atom. The van der Waals surface area contributed by atoms with Gasteiger partial charge in [0.25, 0.3) is 5.69 Å². The minimum atomic E-state index is -0.738. The Morgan fingerprint density at radius 1 is 1.28 bits per heavy atom. The lowest BCUT2D eigenvalue weighted by Gasteiger charge is -2.07. The summed E-state index contributed by atoms with van der Waals surface area (Å²) in [6, 6.07) is 3.92. The number of nitro benzene ring substituents is 1. The second-order valence-electron chi connectivity index (χ2n) is 3.30. The van der Waals surface area contributed by atoms with Crippen molar-refractivity contribution in [3.8, 4) is 0 Å². The molecule has 1 rings (SSSR count). The zero-order valence-electron chi connectivity index (χ0n) is 9.84. The molecule has 0 heterocycles. The van der Waals surface area contributed by atoms with Crippen molar-refractivity contribution >= 4 is 17.6 Å². The van der Waals surface area contributed by atoms with Crippen molar-refractivity contribution in [1.82, 2.24) is 0 Å². The number of benzene rings is 1. The van der Waals surface area contributed by atoms with Gasteiger partial charge in [-0.25, -0.2) is 4.79 Å². The fourth-order valence-corrected chi connectivity index (χ4v) is 1.45. The van der Waals surface area contributed by atoms with Crippen LogP contribution in [0, 0.1) is 10.1 Å². The predicted molar refractivity (Wildman–Crippen MR) is 60.2 cm³/mol. The zero-order valence-corrected chi connectivity index (χ0v) is 9.84. The third-order valence-electron chi connectivity index (χ3n) is 2.30. The normalized spacial score (nSPS) is 9.67. The van der Waals surface area contributed by atoms with Crippen LogP contribution in [0.5, 0.6) is 0 Å². The molecule has 0 fully saturated rings. The highest BCUT2D eigenvalue weighted by Crippen LogP contribution is 2.23. The minimum Gasteiger partial charge on any atom is -0.469 e. The largest absolute Gasteiger partial charge is 0.469 e. The molecule has 0 aromatic heterocycles. The number of rotatable bonds is 4. The maximum atomic E-state index is 11.5. The number of methoxy groups -OCH3 is 2. The number of carbonyl (C=O) groups excluding carboxylic acids is 2. The molecule has 0 unspecified atom stereocenters. The van der Waals surface area contributed by atoms with Crippen molar-refractivity contribution in [3.05, 3.63) is 39.4 Å². The molecule has 0 aliphatic heterocycles. The minimum absolute atomic E-state index is 0.0128. The van der Waals surface area contributed by atoms with E-state index in [9.17, 15) is 19.7 Å². The van der Waals surface area contributed by atoms with Crippen LogP contribution in [0.15, 0.2) is 18.2 Å². The van der Waals surface area contributed by atoms with Gasteiger partial charge < -0.3 is 9.47 Å². The molecule has 1 aromatic carbocycles. The van der Waals surface area contributed by atoms with Gasteiger partial charge in [-0.2, -0.15) is 0 Å². The number of nitrogens with zero attached hydrogens (tertiary/aromatic N) is 1. The van der Waals surface area contributed by atoms with Gasteiger partial charge in [0.15, 0.2) is 0 Å². The maximum Gasteiger partial charge on any atom is 0.338 e. The van der Waals surface area contributed by atoms with Crippen molar-refractivity contribution < 1.29 is 24.0 Å². The smallest absolute Gasteiger partial charge is 0.338 e. The third-order valence-corrected chi connectivity index (χ3v) is 2.30. The SMILES string of the molecule is COC(=O)Cc1c(C(=O)OC)cccc1[N+](=O)[O-]. The maximum absolute atomic E-state index is 11.5. The molecule has 0 aliphatic rings. The van der Waals surface area contributed by atoms with E-state index >= 15 is 0 Å². The number of ether oxygens (including phenoxy) is 2. The standard InChI is InChI=1S/C11H11NO6/c1-17-10(13)6-8-7(11(14)18-2)4-3-5-9(8)12(15)16/h3-5H,6H2,1-2H3. The van der Waals surface area contributed by atoms with Crippen LogP contribution in [0.1, 0.15) is 15.9 Å². The molecule has 0 bridgehead atoms. The van der Waals surface area contributed by atoms with E-state index in [1.54, 1.807) is 0 Å². The summed E-state index contributed by atoms with van der Waals surface area (Å²) in [5.74, 6) is -1.41. The van der Waals surface area contributed by atoms with Crippen LogP contribution in [0.2, 0.25) is 0 Å². The van der Waals surface area contributed by atoms with Gasteiger partial charge in [0.05, 0.1) is 36.7 Å². The van der Waals surface area contributed by atoms with Crippen molar-refractivity contribution in [2.24, 2.45) is 0 Å². The van der Waals surface area contributed by atoms with Crippen LogP contribution in [0.25, 0.3) is 0 Å². The lowest BCUT2D eigenvalue weighted by Crippen LogP contribution is -2.13. The van der Waals surface area contributed by atoms with Crippen molar-refractivity contribution in [2.45, 2.75) is 6.42 Å². The van der Waals surface area contributed by atoms with Crippen LogP contribution in [-0.4, -0.2) is 31.1 Å². The highest BCUT2D eigenvalue weighted by atomic mass is 16.6. The van der Waals surface area contributed by atoms with Gasteiger partial charge in [0.2, 0.25) is 0 Å². The summed E-state index contributed by atoms with van der Waals surface area (Å²) in [5, 5.41) is 10.9. The molecule has 0 amide bonds. The third kappa shape index (κ3) is 2.82. The second-order valence-corrected chi connectivity index (χ2v) is 3.30. The zero-order chi connectivity index (χ0) is 13.7. The highest BCUT2D eigenvalue weighted by molar-refractivity contribution is 5.94. The Hall–Kier alpha value is -2.44. The molecule has 1 aromatic rings. The first-order valence-electron chi connectivity index (χ1n) is 4.92. The van der Waals surface area contributed by atoms with E-state index in [4.69, 9.17) is 0 Å². The molecule has 0 atom stereocenters. The van der Waals surface area contributed by atoms with Gasteiger partial charge in [0, 0.05) is 6.07 Å². The van der Waals surface area contributed by atoms with Crippen LogP contribution in [0.4, 0.5) is 5.69 Å².